The number of piperazine rings is 1. The lowest BCUT2D eigenvalue weighted by Gasteiger charge is -2.34. The lowest BCUT2D eigenvalue weighted by molar-refractivity contribution is -0.116. The maximum atomic E-state index is 12.7. The van der Waals surface area contributed by atoms with Crippen molar-refractivity contribution in [2.24, 2.45) is 0 Å². The zero-order chi connectivity index (χ0) is 30.2. The van der Waals surface area contributed by atoms with E-state index < -0.39 is 0 Å². The van der Waals surface area contributed by atoms with E-state index in [1.54, 1.807) is 40.0 Å². The molecule has 3 aromatic rings. The van der Waals surface area contributed by atoms with Gasteiger partial charge in [-0.25, -0.2) is 0 Å². The van der Waals surface area contributed by atoms with Crippen LogP contribution < -0.4 is 23.8 Å². The Bertz CT molecular complexity index is 1380. The first-order valence-corrected chi connectivity index (χ1v) is 15.9. The van der Waals surface area contributed by atoms with Gasteiger partial charge in [-0.2, -0.15) is 0 Å². The predicted octanol–water partition coefficient (Wildman–Crippen LogP) is 5.89. The fourth-order valence-electron chi connectivity index (χ4n) is 5.75. The molecule has 0 radical (unpaired) electrons. The molecule has 0 aliphatic carbocycles. The summed E-state index contributed by atoms with van der Waals surface area (Å²) in [6.07, 6.45) is 3.06. The Balaban J connectivity index is 1.07. The first kappa shape index (κ1) is 31.0. The standard InChI is InChI=1S/C34H43N3O5S/c1-25(38)37-29-9-5-6-10-33(29)43-34(37)28-24-27(39-2)12-14-30(28)42-22-8-7-16-35-18-20-36(21-19-35)17-15-26-11-13-31(40-3)32(23-26)41-4/h5-6,9-14,23-24,34H,7-8,15-22H2,1-4H3. The third kappa shape index (κ3) is 7.58. The molecule has 2 aliphatic heterocycles. The molecule has 9 heteroatoms. The Morgan fingerprint density at radius 2 is 1.53 bits per heavy atom. The van der Waals surface area contributed by atoms with Crippen molar-refractivity contribution < 1.29 is 23.7 Å². The highest BCUT2D eigenvalue weighted by Gasteiger charge is 2.35. The number of para-hydroxylation sites is 1. The van der Waals surface area contributed by atoms with Crippen LogP contribution in [0.2, 0.25) is 0 Å². The second-order valence-electron chi connectivity index (χ2n) is 10.9. The molecule has 43 heavy (non-hydrogen) atoms. The van der Waals surface area contributed by atoms with Crippen LogP contribution in [0.25, 0.3) is 0 Å². The summed E-state index contributed by atoms with van der Waals surface area (Å²) in [4.78, 5) is 20.8. The van der Waals surface area contributed by atoms with Gasteiger partial charge in [0.25, 0.3) is 0 Å². The number of hydrogen-bond acceptors (Lipinski definition) is 8. The molecule has 8 nitrogen and oxygen atoms in total. The number of amides is 1. The number of methoxy groups -OCH3 is 3. The molecule has 0 spiro atoms. The van der Waals surface area contributed by atoms with Crippen molar-refractivity contribution in [3.63, 3.8) is 0 Å². The number of carbonyl (C=O) groups excluding carboxylic acids is 1. The van der Waals surface area contributed by atoms with Crippen molar-refractivity contribution >= 4 is 23.4 Å². The van der Waals surface area contributed by atoms with E-state index in [1.165, 1.54) is 5.56 Å². The Morgan fingerprint density at radius 3 is 2.26 bits per heavy atom. The number of anilines is 1. The van der Waals surface area contributed by atoms with Crippen LogP contribution in [0, 0.1) is 0 Å². The molecule has 1 unspecified atom stereocenters. The zero-order valence-corrected chi connectivity index (χ0v) is 26.5. The van der Waals surface area contributed by atoms with Crippen LogP contribution in [0.15, 0.2) is 65.6 Å². The SMILES string of the molecule is COc1ccc(OCCCCN2CCN(CCc3ccc(OC)c(OC)c3)CC2)c(C2Sc3ccccc3N2C(C)=O)c1. The van der Waals surface area contributed by atoms with Gasteiger partial charge in [0.1, 0.15) is 16.9 Å². The fraction of sp³-hybridized carbons (Fsp3) is 0.441. The fourth-order valence-corrected chi connectivity index (χ4v) is 7.11. The van der Waals surface area contributed by atoms with Crippen molar-refractivity contribution in [1.82, 2.24) is 9.80 Å². The van der Waals surface area contributed by atoms with Gasteiger partial charge in [-0.1, -0.05) is 30.0 Å². The van der Waals surface area contributed by atoms with E-state index in [1.807, 2.05) is 47.4 Å². The monoisotopic (exact) mass is 605 g/mol. The molecule has 5 rings (SSSR count). The number of benzene rings is 3. The number of fused-ring (bicyclic) bond motifs is 1. The van der Waals surface area contributed by atoms with E-state index in [2.05, 4.69) is 28.0 Å². The molecule has 230 valence electrons. The quantitative estimate of drug-likeness (QED) is 0.224. The minimum absolute atomic E-state index is 0.0114. The van der Waals surface area contributed by atoms with Gasteiger partial charge in [-0.05, 0) is 73.8 Å². The zero-order valence-electron chi connectivity index (χ0n) is 25.7. The van der Waals surface area contributed by atoms with Crippen LogP contribution >= 0.6 is 11.8 Å². The molecule has 0 N–H and O–H groups in total. The number of nitrogens with zero attached hydrogens (tertiary/aromatic N) is 3. The lowest BCUT2D eigenvalue weighted by Crippen LogP contribution is -2.47. The molecule has 1 saturated heterocycles. The van der Waals surface area contributed by atoms with Crippen LogP contribution in [0.3, 0.4) is 0 Å². The van der Waals surface area contributed by atoms with E-state index in [0.717, 1.165) is 97.7 Å². The van der Waals surface area contributed by atoms with Gasteiger partial charge in [0.2, 0.25) is 5.91 Å². The first-order chi connectivity index (χ1) is 21.0. The Hall–Kier alpha value is -3.40. The van der Waals surface area contributed by atoms with Crippen LogP contribution in [-0.2, 0) is 11.2 Å². The van der Waals surface area contributed by atoms with E-state index in [4.69, 9.17) is 18.9 Å². The van der Waals surface area contributed by atoms with Crippen molar-refractivity contribution in [1.29, 1.82) is 0 Å². The van der Waals surface area contributed by atoms with Crippen molar-refractivity contribution in [3.05, 3.63) is 71.8 Å². The maximum absolute atomic E-state index is 12.7. The van der Waals surface area contributed by atoms with Gasteiger partial charge in [0.05, 0.1) is 33.6 Å². The third-order valence-corrected chi connectivity index (χ3v) is 9.46. The molecule has 1 atom stereocenters. The summed E-state index contributed by atoms with van der Waals surface area (Å²) in [5.74, 6) is 3.13. The highest BCUT2D eigenvalue weighted by molar-refractivity contribution is 8.00. The average molecular weight is 606 g/mol. The Morgan fingerprint density at radius 1 is 0.814 bits per heavy atom. The van der Waals surface area contributed by atoms with Crippen LogP contribution in [0.4, 0.5) is 5.69 Å². The number of ether oxygens (including phenoxy) is 4. The average Bonchev–Trinajstić information content (AvgIpc) is 3.44. The highest BCUT2D eigenvalue weighted by atomic mass is 32.2. The highest BCUT2D eigenvalue weighted by Crippen LogP contribution is 2.53. The minimum atomic E-state index is -0.192. The Labute approximate surface area is 259 Å². The summed E-state index contributed by atoms with van der Waals surface area (Å²) >= 11 is 1.68. The summed E-state index contributed by atoms with van der Waals surface area (Å²) in [6.45, 7) is 8.75. The molecule has 1 amide bonds. The largest absolute Gasteiger partial charge is 0.497 e. The van der Waals surface area contributed by atoms with Crippen LogP contribution in [-0.4, -0.2) is 82.9 Å². The van der Waals surface area contributed by atoms with E-state index >= 15 is 0 Å². The third-order valence-electron chi connectivity index (χ3n) is 8.18. The number of hydrogen-bond donors (Lipinski definition) is 0. The van der Waals surface area contributed by atoms with Gasteiger partial charge < -0.3 is 28.7 Å². The van der Waals surface area contributed by atoms with Gasteiger partial charge in [-0.3, -0.25) is 9.69 Å². The molecule has 3 aromatic carbocycles. The van der Waals surface area contributed by atoms with E-state index in [9.17, 15) is 4.79 Å². The first-order valence-electron chi connectivity index (χ1n) is 15.0. The van der Waals surface area contributed by atoms with Gasteiger partial charge in [0, 0.05) is 50.1 Å². The predicted molar refractivity (Wildman–Crippen MR) is 172 cm³/mol. The van der Waals surface area contributed by atoms with Gasteiger partial charge in [-0.15, -0.1) is 0 Å². The van der Waals surface area contributed by atoms with E-state index in [-0.39, 0.29) is 11.3 Å². The molecule has 0 saturated carbocycles. The summed E-state index contributed by atoms with van der Waals surface area (Å²) in [7, 11) is 5.01. The molecule has 2 aliphatic rings. The van der Waals surface area contributed by atoms with Crippen LogP contribution in [0.5, 0.6) is 23.0 Å². The maximum Gasteiger partial charge on any atom is 0.225 e. The molecule has 0 bridgehead atoms. The molecule has 1 fully saturated rings. The topological polar surface area (TPSA) is 63.7 Å². The van der Waals surface area contributed by atoms with Crippen molar-refractivity contribution in [3.8, 4) is 23.0 Å². The minimum Gasteiger partial charge on any atom is -0.497 e. The van der Waals surface area contributed by atoms with Gasteiger partial charge >= 0.3 is 0 Å². The number of rotatable bonds is 13. The van der Waals surface area contributed by atoms with Crippen LogP contribution in [0.1, 0.15) is 36.3 Å². The van der Waals surface area contributed by atoms with E-state index in [0.29, 0.717) is 6.61 Å². The number of carbonyl (C=O) groups is 1. The Kier molecular flexibility index (Phi) is 10.7. The second kappa shape index (κ2) is 14.9. The molecule has 0 aromatic heterocycles. The normalized spacial score (nSPS) is 17.0. The van der Waals surface area contributed by atoms with Crippen molar-refractivity contribution in [2.45, 2.75) is 36.5 Å². The number of unbranched alkanes of at least 4 members (excludes halogenated alkanes) is 1. The summed E-state index contributed by atoms with van der Waals surface area (Å²) in [5, 5.41) is -0.192. The van der Waals surface area contributed by atoms with Gasteiger partial charge in [0.15, 0.2) is 11.5 Å². The molecular formula is C34H43N3O5S. The lowest BCUT2D eigenvalue weighted by atomic mass is 10.1. The smallest absolute Gasteiger partial charge is 0.225 e. The summed E-state index contributed by atoms with van der Waals surface area (Å²) in [6, 6.07) is 20.1. The molecular weight excluding hydrogens is 562 g/mol. The van der Waals surface area contributed by atoms with Crippen molar-refractivity contribution in [2.75, 3.05) is 72.1 Å². The summed E-state index contributed by atoms with van der Waals surface area (Å²) in [5.41, 5.74) is 3.17. The summed E-state index contributed by atoms with van der Waals surface area (Å²) < 4.78 is 22.7. The molecule has 2 heterocycles. The number of thioether (sulfide) groups is 1. The second-order valence-corrected chi connectivity index (χ2v) is 12.0.